The zero-order valence-electron chi connectivity index (χ0n) is 15.6. The minimum Gasteiger partial charge on any atom is -0.493 e. The topological polar surface area (TPSA) is 93.9 Å². The molecular formula is C19H23N3O5. The lowest BCUT2D eigenvalue weighted by molar-refractivity contribution is -0.383. The zero-order chi connectivity index (χ0) is 19.8. The molecule has 27 heavy (non-hydrogen) atoms. The Bertz CT molecular complexity index is 810. The highest BCUT2D eigenvalue weighted by Crippen LogP contribution is 2.27. The van der Waals surface area contributed by atoms with Crippen LogP contribution in [-0.4, -0.2) is 50.1 Å². The predicted octanol–water partition coefficient (Wildman–Crippen LogP) is 2.73. The summed E-state index contributed by atoms with van der Waals surface area (Å²) in [5, 5.41) is 13.6. The summed E-state index contributed by atoms with van der Waals surface area (Å²) in [7, 11) is 4.99. The molecule has 144 valence electrons. The molecule has 0 fully saturated rings. The van der Waals surface area contributed by atoms with Crippen molar-refractivity contribution >= 4 is 17.3 Å². The first-order valence-electron chi connectivity index (χ1n) is 8.37. The van der Waals surface area contributed by atoms with E-state index in [1.165, 1.54) is 12.1 Å². The molecule has 0 atom stereocenters. The number of carbonyl (C=O) groups excluding carboxylic acids is 1. The van der Waals surface area contributed by atoms with E-state index in [2.05, 4.69) is 5.32 Å². The molecule has 0 bridgehead atoms. The molecule has 1 amide bonds. The van der Waals surface area contributed by atoms with Gasteiger partial charge in [-0.1, -0.05) is 18.2 Å². The van der Waals surface area contributed by atoms with Gasteiger partial charge >= 0.3 is 0 Å². The molecule has 8 nitrogen and oxygen atoms in total. The maximum Gasteiger partial charge on any atom is 0.292 e. The molecule has 0 aliphatic heterocycles. The molecule has 0 radical (unpaired) electrons. The molecule has 0 spiro atoms. The number of rotatable bonds is 9. The van der Waals surface area contributed by atoms with E-state index in [4.69, 9.17) is 9.47 Å². The summed E-state index contributed by atoms with van der Waals surface area (Å²) in [6.45, 7) is 0.763. The van der Waals surface area contributed by atoms with Gasteiger partial charge in [-0.3, -0.25) is 19.8 Å². The van der Waals surface area contributed by atoms with Gasteiger partial charge in [0.15, 0.2) is 11.5 Å². The molecule has 8 heteroatoms. The van der Waals surface area contributed by atoms with Crippen LogP contribution in [0.15, 0.2) is 42.5 Å². The molecule has 2 aromatic rings. The summed E-state index contributed by atoms with van der Waals surface area (Å²) in [6, 6.07) is 11.8. The number of likely N-dealkylation sites (N-methyl/N-ethyl adjacent to an activating group) is 1. The number of methoxy groups -OCH3 is 2. The number of anilines is 1. The minimum atomic E-state index is -0.517. The predicted molar refractivity (Wildman–Crippen MR) is 102 cm³/mol. The Labute approximate surface area is 157 Å². The fourth-order valence-electron chi connectivity index (χ4n) is 2.61. The van der Waals surface area contributed by atoms with Crippen LogP contribution >= 0.6 is 0 Å². The summed E-state index contributed by atoms with van der Waals surface area (Å²) in [6.07, 6.45) is 0.718. The lowest BCUT2D eigenvalue weighted by Gasteiger charge is -2.17. The molecule has 2 aromatic carbocycles. The van der Waals surface area contributed by atoms with Crippen LogP contribution in [0.2, 0.25) is 0 Å². The Morgan fingerprint density at radius 3 is 2.52 bits per heavy atom. The first-order valence-corrected chi connectivity index (χ1v) is 8.37. The van der Waals surface area contributed by atoms with Gasteiger partial charge in [0.25, 0.3) is 5.69 Å². The number of carbonyl (C=O) groups is 1. The highest BCUT2D eigenvalue weighted by molar-refractivity contribution is 5.94. The Balaban J connectivity index is 1.89. The van der Waals surface area contributed by atoms with Crippen molar-refractivity contribution in [2.24, 2.45) is 0 Å². The van der Waals surface area contributed by atoms with E-state index in [0.717, 1.165) is 12.0 Å². The van der Waals surface area contributed by atoms with E-state index in [1.54, 1.807) is 26.4 Å². The lowest BCUT2D eigenvalue weighted by atomic mass is 10.1. The number of nitro groups is 1. The molecular weight excluding hydrogens is 350 g/mol. The summed E-state index contributed by atoms with van der Waals surface area (Å²) in [4.78, 5) is 24.5. The van der Waals surface area contributed by atoms with Gasteiger partial charge in [0.1, 0.15) is 5.69 Å². The van der Waals surface area contributed by atoms with Crippen molar-refractivity contribution in [3.05, 3.63) is 58.1 Å². The third kappa shape index (κ3) is 5.68. The second-order valence-corrected chi connectivity index (χ2v) is 6.00. The first-order chi connectivity index (χ1) is 12.9. The minimum absolute atomic E-state index is 0.124. The van der Waals surface area contributed by atoms with Crippen molar-refractivity contribution in [3.63, 3.8) is 0 Å². The number of benzene rings is 2. The van der Waals surface area contributed by atoms with Crippen LogP contribution in [0, 0.1) is 10.1 Å². The standard InChI is InChI=1S/C19H23N3O5/c1-21(11-10-14-8-9-17(26-2)18(12-14)27-3)13-19(23)20-15-6-4-5-7-16(15)22(24)25/h4-9,12H,10-11,13H2,1-3H3,(H,20,23). The maximum absolute atomic E-state index is 12.2. The number of hydrogen-bond acceptors (Lipinski definition) is 6. The van der Waals surface area contributed by atoms with E-state index >= 15 is 0 Å². The number of nitro benzene ring substituents is 1. The number of nitrogens with one attached hydrogen (secondary N) is 1. The van der Waals surface area contributed by atoms with E-state index in [0.29, 0.717) is 18.0 Å². The molecule has 0 aliphatic carbocycles. The van der Waals surface area contributed by atoms with Crippen molar-refractivity contribution in [3.8, 4) is 11.5 Å². The van der Waals surface area contributed by atoms with Gasteiger partial charge in [0, 0.05) is 12.6 Å². The van der Waals surface area contributed by atoms with E-state index < -0.39 is 4.92 Å². The Hall–Kier alpha value is -3.13. The zero-order valence-corrected chi connectivity index (χ0v) is 15.6. The highest BCUT2D eigenvalue weighted by Gasteiger charge is 2.15. The molecule has 0 aliphatic rings. The van der Waals surface area contributed by atoms with E-state index in [1.807, 2.05) is 30.1 Å². The number of hydrogen-bond donors (Lipinski definition) is 1. The van der Waals surface area contributed by atoms with Gasteiger partial charge in [0.2, 0.25) is 5.91 Å². The molecule has 0 aromatic heterocycles. The molecule has 0 saturated carbocycles. The quantitative estimate of drug-likeness (QED) is 0.536. The second-order valence-electron chi connectivity index (χ2n) is 6.00. The maximum atomic E-state index is 12.2. The second kappa shape index (κ2) is 9.54. The Morgan fingerprint density at radius 1 is 1.15 bits per heavy atom. The lowest BCUT2D eigenvalue weighted by Crippen LogP contribution is -2.31. The van der Waals surface area contributed by atoms with Crippen LogP contribution in [0.4, 0.5) is 11.4 Å². The Kier molecular flexibility index (Phi) is 7.13. The van der Waals surface area contributed by atoms with Crippen molar-refractivity contribution in [1.82, 2.24) is 4.90 Å². The number of ether oxygens (including phenoxy) is 2. The van der Waals surface area contributed by atoms with Crippen molar-refractivity contribution < 1.29 is 19.2 Å². The first kappa shape index (κ1) is 20.2. The van der Waals surface area contributed by atoms with Crippen LogP contribution in [-0.2, 0) is 11.2 Å². The highest BCUT2D eigenvalue weighted by atomic mass is 16.6. The molecule has 0 heterocycles. The van der Waals surface area contributed by atoms with Gasteiger partial charge in [-0.05, 0) is 37.2 Å². The van der Waals surface area contributed by atoms with Crippen LogP contribution in [0.5, 0.6) is 11.5 Å². The van der Waals surface area contributed by atoms with E-state index in [9.17, 15) is 14.9 Å². The fraction of sp³-hybridized carbons (Fsp3) is 0.316. The smallest absolute Gasteiger partial charge is 0.292 e. The number of para-hydroxylation sites is 2. The van der Waals surface area contributed by atoms with Gasteiger partial charge in [-0.15, -0.1) is 0 Å². The molecule has 1 N–H and O–H groups in total. The van der Waals surface area contributed by atoms with Gasteiger partial charge in [-0.25, -0.2) is 0 Å². The summed E-state index contributed by atoms with van der Waals surface area (Å²) in [5.74, 6) is 1.02. The SMILES string of the molecule is COc1ccc(CCN(C)CC(=O)Nc2ccccc2[N+](=O)[O-])cc1OC. The Morgan fingerprint density at radius 2 is 1.85 bits per heavy atom. The average molecular weight is 373 g/mol. The van der Waals surface area contributed by atoms with Gasteiger partial charge in [0.05, 0.1) is 25.7 Å². The van der Waals surface area contributed by atoms with Gasteiger partial charge < -0.3 is 14.8 Å². The summed E-state index contributed by atoms with van der Waals surface area (Å²) in [5.41, 5.74) is 1.12. The molecule has 2 rings (SSSR count). The summed E-state index contributed by atoms with van der Waals surface area (Å²) >= 11 is 0. The molecule has 0 saturated heterocycles. The number of amides is 1. The third-order valence-electron chi connectivity index (χ3n) is 4.02. The van der Waals surface area contributed by atoms with Crippen molar-refractivity contribution in [1.29, 1.82) is 0 Å². The largest absolute Gasteiger partial charge is 0.493 e. The van der Waals surface area contributed by atoms with Crippen LogP contribution in [0.25, 0.3) is 0 Å². The average Bonchev–Trinajstić information content (AvgIpc) is 2.66. The van der Waals surface area contributed by atoms with Crippen molar-refractivity contribution in [2.75, 3.05) is 39.7 Å². The molecule has 0 unspecified atom stereocenters. The summed E-state index contributed by atoms with van der Waals surface area (Å²) < 4.78 is 10.5. The fourth-order valence-corrected chi connectivity index (χ4v) is 2.61. The normalized spacial score (nSPS) is 10.5. The monoisotopic (exact) mass is 373 g/mol. The van der Waals surface area contributed by atoms with E-state index in [-0.39, 0.29) is 23.8 Å². The van der Waals surface area contributed by atoms with Crippen molar-refractivity contribution in [2.45, 2.75) is 6.42 Å². The third-order valence-corrected chi connectivity index (χ3v) is 4.02. The van der Waals surface area contributed by atoms with Crippen LogP contribution < -0.4 is 14.8 Å². The van der Waals surface area contributed by atoms with Gasteiger partial charge in [-0.2, -0.15) is 0 Å². The number of nitrogens with zero attached hydrogens (tertiary/aromatic N) is 2. The van der Waals surface area contributed by atoms with Crippen LogP contribution in [0.1, 0.15) is 5.56 Å². The van der Waals surface area contributed by atoms with Crippen LogP contribution in [0.3, 0.4) is 0 Å².